The first-order valence-electron chi connectivity index (χ1n) is 12.1. The van der Waals surface area contributed by atoms with Gasteiger partial charge in [-0.05, 0) is 37.4 Å². The van der Waals surface area contributed by atoms with Crippen molar-refractivity contribution >= 4 is 0 Å². The summed E-state index contributed by atoms with van der Waals surface area (Å²) in [4.78, 5) is 9.89. The Bertz CT molecular complexity index is 1530. The van der Waals surface area contributed by atoms with Crippen LogP contribution in [0.4, 0.5) is 0 Å². The summed E-state index contributed by atoms with van der Waals surface area (Å²) in [5, 5.41) is 9.39. The van der Waals surface area contributed by atoms with Crippen molar-refractivity contribution in [2.24, 2.45) is 0 Å². The minimum Gasteiger partial charge on any atom is -0.343 e. The fraction of sp³-hybridized carbons (Fsp3) is 0.0968. The summed E-state index contributed by atoms with van der Waals surface area (Å²) in [6.45, 7) is 4.24. The summed E-state index contributed by atoms with van der Waals surface area (Å²) in [7, 11) is 0. The molecule has 0 bridgehead atoms. The first kappa shape index (κ1) is 25.5. The number of nitrogens with zero attached hydrogens (tertiary/aromatic N) is 6. The van der Waals surface area contributed by atoms with Gasteiger partial charge in [-0.25, -0.2) is 0 Å². The van der Waals surface area contributed by atoms with Crippen LogP contribution < -0.4 is 0 Å². The Morgan fingerprint density at radius 2 is 0.974 bits per heavy atom. The Morgan fingerprint density at radius 1 is 0.553 bits per heavy atom. The molecule has 0 saturated heterocycles. The smallest absolute Gasteiger partial charge is 0.343 e. The summed E-state index contributed by atoms with van der Waals surface area (Å²) >= 11 is 0. The van der Waals surface area contributed by atoms with Crippen LogP contribution in [0.25, 0.3) is 34.2 Å². The van der Waals surface area contributed by atoms with Crippen LogP contribution in [0.1, 0.15) is 25.2 Å². The van der Waals surface area contributed by atoms with Crippen molar-refractivity contribution in [3.05, 3.63) is 133 Å². The van der Waals surface area contributed by atoms with Crippen LogP contribution in [0.15, 0.2) is 109 Å². The monoisotopic (exact) mass is 675 g/mol. The van der Waals surface area contributed by atoms with E-state index in [1.807, 2.05) is 109 Å². The largest absolute Gasteiger partial charge is 2.00 e. The van der Waals surface area contributed by atoms with E-state index in [1.54, 1.807) is 9.36 Å². The van der Waals surface area contributed by atoms with E-state index < -0.39 is 5.41 Å². The van der Waals surface area contributed by atoms with E-state index in [4.69, 9.17) is 20.2 Å². The van der Waals surface area contributed by atoms with Crippen LogP contribution in [0.5, 0.6) is 0 Å². The zero-order valence-electron chi connectivity index (χ0n) is 20.9. The summed E-state index contributed by atoms with van der Waals surface area (Å²) in [6.07, 6.45) is 6.39. The summed E-state index contributed by atoms with van der Waals surface area (Å²) in [5.41, 5.74) is 5.10. The number of aromatic nitrogens is 6. The molecule has 6 nitrogen and oxygen atoms in total. The van der Waals surface area contributed by atoms with Crippen molar-refractivity contribution in [1.29, 1.82) is 0 Å². The second kappa shape index (κ2) is 10.7. The molecule has 0 aliphatic heterocycles. The number of hydrogen-bond acceptors (Lipinski definition) is 4. The Kier molecular flexibility index (Phi) is 7.17. The van der Waals surface area contributed by atoms with Crippen LogP contribution in [-0.2, 0) is 26.5 Å². The van der Waals surface area contributed by atoms with Gasteiger partial charge < -0.3 is 9.36 Å². The Labute approximate surface area is 236 Å². The SMILES string of the molecule is CC(C)(c1cccc(-n2[c-]cc(-c3ccccc3)n2)n1)c1cccc(-n2[c-]cc(-c3ccccc3)n2)n1.[Pt+2]. The summed E-state index contributed by atoms with van der Waals surface area (Å²) in [5.74, 6) is 1.41. The van der Waals surface area contributed by atoms with E-state index in [0.717, 1.165) is 33.9 Å². The Hall–Kier alpha value is -4.15. The summed E-state index contributed by atoms with van der Waals surface area (Å²) in [6, 6.07) is 35.8. The molecule has 0 spiro atoms. The van der Waals surface area contributed by atoms with Crippen molar-refractivity contribution in [1.82, 2.24) is 29.5 Å². The van der Waals surface area contributed by atoms with Gasteiger partial charge in [0.2, 0.25) is 0 Å². The first-order valence-corrected chi connectivity index (χ1v) is 12.1. The molecule has 4 heterocycles. The second-order valence-electron chi connectivity index (χ2n) is 9.26. The van der Waals surface area contributed by atoms with E-state index in [2.05, 4.69) is 26.2 Å². The first-order chi connectivity index (χ1) is 18.1. The minimum absolute atomic E-state index is 0. The minimum atomic E-state index is -0.461. The molecule has 0 radical (unpaired) electrons. The fourth-order valence-corrected chi connectivity index (χ4v) is 4.22. The molecule has 0 atom stereocenters. The van der Waals surface area contributed by atoms with Gasteiger partial charge in [0.05, 0.1) is 11.6 Å². The van der Waals surface area contributed by atoms with Gasteiger partial charge in [0.15, 0.2) is 0 Å². The normalized spacial score (nSPS) is 11.2. The maximum absolute atomic E-state index is 4.94. The van der Waals surface area contributed by atoms with Crippen LogP contribution in [-0.4, -0.2) is 29.5 Å². The van der Waals surface area contributed by atoms with Crippen molar-refractivity contribution in [3.8, 4) is 34.2 Å². The molecule has 0 aliphatic carbocycles. The molecule has 0 N–H and O–H groups in total. The molecule has 4 aromatic heterocycles. The maximum atomic E-state index is 4.94. The van der Waals surface area contributed by atoms with E-state index >= 15 is 0 Å². The number of hydrogen-bond donors (Lipinski definition) is 0. The molecule has 6 rings (SSSR count). The quantitative estimate of drug-likeness (QED) is 0.200. The third kappa shape index (κ3) is 5.00. The van der Waals surface area contributed by atoms with Gasteiger partial charge in [0, 0.05) is 16.8 Å². The topological polar surface area (TPSA) is 61.4 Å². The maximum Gasteiger partial charge on any atom is 2.00 e. The zero-order valence-corrected chi connectivity index (χ0v) is 23.2. The van der Waals surface area contributed by atoms with Crippen LogP contribution in [0, 0.1) is 12.4 Å². The van der Waals surface area contributed by atoms with Crippen LogP contribution >= 0.6 is 0 Å². The Morgan fingerprint density at radius 3 is 1.39 bits per heavy atom. The number of pyridine rings is 2. The third-order valence-electron chi connectivity index (χ3n) is 6.39. The molecular formula is C31H24N6Pt. The van der Waals surface area contributed by atoms with Crippen molar-refractivity contribution in [3.63, 3.8) is 0 Å². The molecule has 38 heavy (non-hydrogen) atoms. The van der Waals surface area contributed by atoms with Gasteiger partial charge in [-0.2, -0.15) is 0 Å². The van der Waals surface area contributed by atoms with Crippen molar-refractivity contribution in [2.75, 3.05) is 0 Å². The summed E-state index contributed by atoms with van der Waals surface area (Å²) < 4.78 is 3.38. The molecular weight excluding hydrogens is 651 g/mol. The molecule has 188 valence electrons. The predicted octanol–water partition coefficient (Wildman–Crippen LogP) is 6.11. The van der Waals surface area contributed by atoms with E-state index in [0.29, 0.717) is 11.6 Å². The van der Waals surface area contributed by atoms with E-state index in [-0.39, 0.29) is 21.1 Å². The molecule has 0 aliphatic rings. The predicted molar refractivity (Wildman–Crippen MR) is 143 cm³/mol. The number of benzene rings is 2. The average Bonchev–Trinajstić information content (AvgIpc) is 3.65. The van der Waals surface area contributed by atoms with E-state index in [9.17, 15) is 0 Å². The molecule has 0 amide bonds. The zero-order chi connectivity index (χ0) is 25.2. The molecule has 0 unspecified atom stereocenters. The van der Waals surface area contributed by atoms with Gasteiger partial charge in [-0.3, -0.25) is 20.2 Å². The molecule has 2 aromatic carbocycles. The average molecular weight is 676 g/mol. The van der Waals surface area contributed by atoms with Gasteiger partial charge in [-0.1, -0.05) is 108 Å². The standard InChI is InChI=1S/C31H24N6.Pt/c1-31(2,27-15-9-17-29(32-27)36-21-19-25(34-36)23-11-5-3-6-12-23)28-16-10-18-30(33-28)37-22-20-26(35-37)24-13-7-4-8-14-24;/h3-20H,1-2H3;/q-2;+2. The van der Waals surface area contributed by atoms with Gasteiger partial charge >= 0.3 is 21.1 Å². The van der Waals surface area contributed by atoms with E-state index in [1.165, 1.54) is 0 Å². The molecule has 6 aromatic rings. The molecule has 0 fully saturated rings. The van der Waals surface area contributed by atoms with Crippen molar-refractivity contribution in [2.45, 2.75) is 19.3 Å². The molecule has 0 saturated carbocycles. The van der Waals surface area contributed by atoms with Gasteiger partial charge in [0.25, 0.3) is 0 Å². The van der Waals surface area contributed by atoms with Gasteiger partial charge in [0.1, 0.15) is 0 Å². The fourth-order valence-electron chi connectivity index (χ4n) is 4.22. The van der Waals surface area contributed by atoms with Crippen molar-refractivity contribution < 1.29 is 21.1 Å². The number of rotatable bonds is 6. The third-order valence-corrected chi connectivity index (χ3v) is 6.39. The second-order valence-corrected chi connectivity index (χ2v) is 9.26. The van der Waals surface area contributed by atoms with Crippen LogP contribution in [0.2, 0.25) is 0 Å². The molecule has 7 heteroatoms. The van der Waals surface area contributed by atoms with Crippen LogP contribution in [0.3, 0.4) is 0 Å². The Balaban J connectivity index is 0.00000294. The van der Waals surface area contributed by atoms with Gasteiger partial charge in [-0.15, -0.1) is 12.1 Å².